The van der Waals surface area contributed by atoms with E-state index in [1.54, 1.807) is 11.8 Å². The number of carbonyl (C=O) groups is 3. The molecule has 2 aliphatic heterocycles. The fourth-order valence-corrected chi connectivity index (χ4v) is 4.21. The number of hydrogen-bond acceptors (Lipinski definition) is 3. The van der Waals surface area contributed by atoms with E-state index < -0.39 is 17.5 Å². The Morgan fingerprint density at radius 3 is 2.28 bits per heavy atom. The molecule has 6 nitrogen and oxygen atoms in total. The number of nitrogens with two attached hydrogens (primary N) is 1. The Morgan fingerprint density at radius 2 is 1.72 bits per heavy atom. The number of hydrogen-bond donors (Lipinski definition) is 1. The van der Waals surface area contributed by atoms with Crippen molar-refractivity contribution in [2.24, 2.45) is 5.73 Å². The van der Waals surface area contributed by atoms with Gasteiger partial charge in [-0.2, -0.15) is 0 Å². The van der Waals surface area contributed by atoms with Gasteiger partial charge in [0.1, 0.15) is 11.8 Å². The molecule has 2 fully saturated rings. The number of amides is 3. The maximum absolute atomic E-state index is 12.8. The normalized spacial score (nSPS) is 22.7. The molecule has 1 atom stereocenters. The van der Waals surface area contributed by atoms with E-state index in [1.165, 1.54) is 4.90 Å². The van der Waals surface area contributed by atoms with E-state index in [0.29, 0.717) is 38.9 Å². The quantitative estimate of drug-likeness (QED) is 0.906. The summed E-state index contributed by atoms with van der Waals surface area (Å²) >= 11 is 0. The third-order valence-electron chi connectivity index (χ3n) is 5.75. The molecule has 3 rings (SSSR count). The molecule has 1 aromatic rings. The Balaban J connectivity index is 1.73. The van der Waals surface area contributed by atoms with Crippen LogP contribution in [0, 0.1) is 0 Å². The summed E-state index contributed by atoms with van der Waals surface area (Å²) in [6.45, 7) is 3.23. The minimum Gasteiger partial charge on any atom is -0.351 e. The first-order valence-electron chi connectivity index (χ1n) is 8.87. The molecule has 134 valence electrons. The number of rotatable bonds is 3. The zero-order valence-corrected chi connectivity index (χ0v) is 14.6. The van der Waals surface area contributed by atoms with Crippen LogP contribution in [0.25, 0.3) is 0 Å². The summed E-state index contributed by atoms with van der Waals surface area (Å²) in [6.07, 6.45) is 2.69. The average Bonchev–Trinajstić information content (AvgIpc) is 3.12. The number of piperidine rings is 1. The van der Waals surface area contributed by atoms with Crippen LogP contribution in [-0.4, -0.2) is 53.2 Å². The van der Waals surface area contributed by atoms with Crippen molar-refractivity contribution in [3.8, 4) is 0 Å². The van der Waals surface area contributed by atoms with Crippen LogP contribution >= 0.6 is 0 Å². The third kappa shape index (κ3) is 3.13. The first kappa shape index (κ1) is 17.5. The number of nitrogens with zero attached hydrogens (tertiary/aromatic N) is 2. The third-order valence-corrected chi connectivity index (χ3v) is 5.75. The van der Waals surface area contributed by atoms with E-state index in [9.17, 15) is 14.4 Å². The monoisotopic (exact) mass is 343 g/mol. The summed E-state index contributed by atoms with van der Waals surface area (Å²) in [5.74, 6) is 0.104. The first-order chi connectivity index (χ1) is 12.0. The fraction of sp³-hybridized carbons (Fsp3) is 0.526. The first-order valence-corrected chi connectivity index (χ1v) is 8.87. The lowest BCUT2D eigenvalue weighted by molar-refractivity contribution is -0.138. The number of primary amides is 1. The van der Waals surface area contributed by atoms with Crippen LogP contribution in [0.15, 0.2) is 30.3 Å². The van der Waals surface area contributed by atoms with Gasteiger partial charge in [-0.05, 0) is 38.2 Å². The van der Waals surface area contributed by atoms with E-state index in [4.69, 9.17) is 5.73 Å². The van der Waals surface area contributed by atoms with Gasteiger partial charge in [0.15, 0.2) is 0 Å². The molecule has 0 aliphatic carbocycles. The van der Waals surface area contributed by atoms with E-state index in [2.05, 4.69) is 0 Å². The highest BCUT2D eigenvalue weighted by atomic mass is 16.2. The molecule has 1 aromatic carbocycles. The van der Waals surface area contributed by atoms with E-state index >= 15 is 0 Å². The van der Waals surface area contributed by atoms with Crippen molar-refractivity contribution in [2.45, 2.75) is 44.1 Å². The molecule has 0 aromatic heterocycles. The van der Waals surface area contributed by atoms with Gasteiger partial charge in [-0.15, -0.1) is 0 Å². The van der Waals surface area contributed by atoms with Crippen LogP contribution in [0.4, 0.5) is 4.79 Å². The number of urea groups is 1. The standard InChI is InChI=1S/C19H25N3O3/c1-14(23)19(15-6-3-2-4-7-15)9-12-21(13-10-19)17(24)16-8-5-11-22(16)18(20)25/h2-4,6-7,16H,5,8-13H2,1H3,(H2,20,25). The van der Waals surface area contributed by atoms with Crippen LogP contribution in [0.2, 0.25) is 0 Å². The van der Waals surface area contributed by atoms with E-state index in [1.807, 2.05) is 30.3 Å². The molecular weight excluding hydrogens is 318 g/mol. The van der Waals surface area contributed by atoms with Crippen molar-refractivity contribution >= 4 is 17.7 Å². The Kier molecular flexibility index (Phi) is 4.79. The second-order valence-corrected chi connectivity index (χ2v) is 7.02. The average molecular weight is 343 g/mol. The molecule has 2 heterocycles. The molecule has 0 spiro atoms. The van der Waals surface area contributed by atoms with Crippen molar-refractivity contribution < 1.29 is 14.4 Å². The minimum atomic E-state index is -0.532. The van der Waals surface area contributed by atoms with Gasteiger partial charge in [0.05, 0.1) is 5.41 Å². The van der Waals surface area contributed by atoms with Gasteiger partial charge in [0.2, 0.25) is 5.91 Å². The highest BCUT2D eigenvalue weighted by molar-refractivity contribution is 5.90. The van der Waals surface area contributed by atoms with Crippen LogP contribution in [0.5, 0.6) is 0 Å². The summed E-state index contributed by atoms with van der Waals surface area (Å²) in [4.78, 5) is 40.0. The summed E-state index contributed by atoms with van der Waals surface area (Å²) in [7, 11) is 0. The van der Waals surface area contributed by atoms with Gasteiger partial charge in [0, 0.05) is 19.6 Å². The zero-order valence-electron chi connectivity index (χ0n) is 14.6. The maximum Gasteiger partial charge on any atom is 0.315 e. The Bertz CT molecular complexity index is 666. The van der Waals surface area contributed by atoms with Crippen molar-refractivity contribution in [1.82, 2.24) is 9.80 Å². The predicted molar refractivity (Wildman–Crippen MR) is 93.9 cm³/mol. The Labute approximate surface area is 148 Å². The molecule has 6 heteroatoms. The number of likely N-dealkylation sites (tertiary alicyclic amines) is 2. The SMILES string of the molecule is CC(=O)C1(c2ccccc2)CCN(C(=O)C2CCCN2C(N)=O)CC1. The van der Waals surface area contributed by atoms with Crippen LogP contribution in [0.1, 0.15) is 38.2 Å². The van der Waals surface area contributed by atoms with Gasteiger partial charge in [0.25, 0.3) is 0 Å². The summed E-state index contributed by atoms with van der Waals surface area (Å²) in [6, 6.07) is 8.83. The topological polar surface area (TPSA) is 83.7 Å². The molecule has 1 unspecified atom stereocenters. The zero-order chi connectivity index (χ0) is 18.0. The Hall–Kier alpha value is -2.37. The second-order valence-electron chi connectivity index (χ2n) is 7.02. The molecule has 2 N–H and O–H groups in total. The molecule has 2 aliphatic rings. The van der Waals surface area contributed by atoms with Crippen molar-refractivity contribution in [3.05, 3.63) is 35.9 Å². The fourth-order valence-electron chi connectivity index (χ4n) is 4.21. The van der Waals surface area contributed by atoms with Gasteiger partial charge in [-0.3, -0.25) is 9.59 Å². The lowest BCUT2D eigenvalue weighted by Gasteiger charge is -2.41. The molecule has 2 saturated heterocycles. The second kappa shape index (κ2) is 6.86. The number of benzene rings is 1. The smallest absolute Gasteiger partial charge is 0.315 e. The van der Waals surface area contributed by atoms with Crippen LogP contribution in [0.3, 0.4) is 0 Å². The lowest BCUT2D eigenvalue weighted by atomic mass is 9.70. The number of carbonyl (C=O) groups excluding carboxylic acids is 3. The highest BCUT2D eigenvalue weighted by Gasteiger charge is 2.43. The Morgan fingerprint density at radius 1 is 1.08 bits per heavy atom. The van der Waals surface area contributed by atoms with Gasteiger partial charge in [-0.1, -0.05) is 30.3 Å². The molecule has 25 heavy (non-hydrogen) atoms. The predicted octanol–water partition coefficient (Wildman–Crippen LogP) is 1.68. The van der Waals surface area contributed by atoms with Gasteiger partial charge in [-0.25, -0.2) is 4.79 Å². The van der Waals surface area contributed by atoms with Gasteiger partial charge >= 0.3 is 6.03 Å². The summed E-state index contributed by atoms with van der Waals surface area (Å²) in [5, 5.41) is 0. The van der Waals surface area contributed by atoms with Crippen molar-refractivity contribution in [2.75, 3.05) is 19.6 Å². The summed E-state index contributed by atoms with van der Waals surface area (Å²) < 4.78 is 0. The van der Waals surface area contributed by atoms with Crippen molar-refractivity contribution in [3.63, 3.8) is 0 Å². The highest BCUT2D eigenvalue weighted by Crippen LogP contribution is 2.37. The van der Waals surface area contributed by atoms with Crippen LogP contribution in [-0.2, 0) is 15.0 Å². The lowest BCUT2D eigenvalue weighted by Crippen LogP contribution is -2.54. The number of Topliss-reactive ketones (excluding diaryl/α,β-unsaturated/α-hetero) is 1. The molecule has 0 bridgehead atoms. The minimum absolute atomic E-state index is 0.0403. The van der Waals surface area contributed by atoms with Crippen LogP contribution < -0.4 is 5.73 Å². The molecule has 3 amide bonds. The van der Waals surface area contributed by atoms with Gasteiger partial charge < -0.3 is 15.5 Å². The molecule has 0 saturated carbocycles. The summed E-state index contributed by atoms with van der Waals surface area (Å²) in [5.41, 5.74) is 5.89. The molecule has 0 radical (unpaired) electrons. The van der Waals surface area contributed by atoms with E-state index in [-0.39, 0.29) is 11.7 Å². The molecular formula is C19H25N3O3. The van der Waals surface area contributed by atoms with Crippen molar-refractivity contribution in [1.29, 1.82) is 0 Å². The van der Waals surface area contributed by atoms with E-state index in [0.717, 1.165) is 12.0 Å². The maximum atomic E-state index is 12.8. The number of ketones is 1. The largest absolute Gasteiger partial charge is 0.351 e.